The van der Waals surface area contributed by atoms with Gasteiger partial charge in [0, 0.05) is 6.04 Å². The SMILES string of the molecule is CC1CC(NC(=O)COc2ccccc2C#N)C1. The number of para-hydroxylation sites is 1. The van der Waals surface area contributed by atoms with Crippen LogP contribution in [0.5, 0.6) is 5.75 Å². The van der Waals surface area contributed by atoms with Gasteiger partial charge >= 0.3 is 0 Å². The minimum absolute atomic E-state index is 0.0381. The van der Waals surface area contributed by atoms with Crippen LogP contribution in [0.15, 0.2) is 24.3 Å². The smallest absolute Gasteiger partial charge is 0.258 e. The Hall–Kier alpha value is -2.02. The standard InChI is InChI=1S/C14H16N2O2/c1-10-6-12(7-10)16-14(17)9-18-13-5-3-2-4-11(13)8-15/h2-5,10,12H,6-7,9H2,1H3,(H,16,17). The number of rotatable bonds is 4. The van der Waals surface area contributed by atoms with Crippen molar-refractivity contribution in [2.45, 2.75) is 25.8 Å². The highest BCUT2D eigenvalue weighted by molar-refractivity contribution is 5.78. The third-order valence-electron chi connectivity index (χ3n) is 3.11. The van der Waals surface area contributed by atoms with Gasteiger partial charge in [0.1, 0.15) is 11.8 Å². The van der Waals surface area contributed by atoms with Gasteiger partial charge in [0.25, 0.3) is 5.91 Å². The number of amides is 1. The Morgan fingerprint density at radius 2 is 2.22 bits per heavy atom. The van der Waals surface area contributed by atoms with E-state index in [2.05, 4.69) is 12.2 Å². The number of nitrogens with one attached hydrogen (secondary N) is 1. The largest absolute Gasteiger partial charge is 0.482 e. The second kappa shape index (κ2) is 5.54. The molecule has 0 bridgehead atoms. The van der Waals surface area contributed by atoms with Crippen LogP contribution in [-0.4, -0.2) is 18.6 Å². The van der Waals surface area contributed by atoms with E-state index in [0.29, 0.717) is 23.3 Å². The van der Waals surface area contributed by atoms with Gasteiger partial charge in [0.2, 0.25) is 0 Å². The number of carbonyl (C=O) groups is 1. The van der Waals surface area contributed by atoms with Gasteiger partial charge in [-0.1, -0.05) is 19.1 Å². The summed E-state index contributed by atoms with van der Waals surface area (Å²) in [5.74, 6) is 1.03. The number of hydrogen-bond acceptors (Lipinski definition) is 3. The Balaban J connectivity index is 1.80. The van der Waals surface area contributed by atoms with Gasteiger partial charge in [-0.15, -0.1) is 0 Å². The minimum Gasteiger partial charge on any atom is -0.482 e. The highest BCUT2D eigenvalue weighted by Gasteiger charge is 2.26. The first kappa shape index (κ1) is 12.4. The van der Waals surface area contributed by atoms with Crippen LogP contribution in [0, 0.1) is 17.2 Å². The summed E-state index contributed by atoms with van der Waals surface area (Å²) in [6.07, 6.45) is 2.08. The lowest BCUT2D eigenvalue weighted by molar-refractivity contribution is -0.124. The van der Waals surface area contributed by atoms with E-state index in [1.807, 2.05) is 6.07 Å². The molecule has 1 aromatic rings. The third-order valence-corrected chi connectivity index (χ3v) is 3.11. The molecule has 18 heavy (non-hydrogen) atoms. The number of ether oxygens (including phenoxy) is 1. The third kappa shape index (κ3) is 3.01. The van der Waals surface area contributed by atoms with E-state index in [1.165, 1.54) is 0 Å². The molecule has 1 aliphatic carbocycles. The van der Waals surface area contributed by atoms with Gasteiger partial charge in [0.05, 0.1) is 5.56 Å². The maximum absolute atomic E-state index is 11.6. The molecule has 1 aromatic carbocycles. The molecule has 94 valence electrons. The van der Waals surface area contributed by atoms with Crippen molar-refractivity contribution in [3.63, 3.8) is 0 Å². The van der Waals surface area contributed by atoms with Crippen LogP contribution >= 0.6 is 0 Å². The molecule has 1 fully saturated rings. The Labute approximate surface area is 107 Å². The van der Waals surface area contributed by atoms with Crippen LogP contribution in [0.2, 0.25) is 0 Å². The predicted molar refractivity (Wildman–Crippen MR) is 67.0 cm³/mol. The van der Waals surface area contributed by atoms with Gasteiger partial charge in [-0.25, -0.2) is 0 Å². The van der Waals surface area contributed by atoms with Gasteiger partial charge < -0.3 is 10.1 Å². The summed E-state index contributed by atoms with van der Waals surface area (Å²) in [5.41, 5.74) is 0.447. The highest BCUT2D eigenvalue weighted by Crippen LogP contribution is 2.26. The van der Waals surface area contributed by atoms with E-state index in [4.69, 9.17) is 10.00 Å². The molecule has 0 unspecified atom stereocenters. The highest BCUT2D eigenvalue weighted by atomic mass is 16.5. The zero-order chi connectivity index (χ0) is 13.0. The molecule has 1 amide bonds. The molecule has 1 saturated carbocycles. The van der Waals surface area contributed by atoms with Crippen LogP contribution < -0.4 is 10.1 Å². The number of hydrogen-bond donors (Lipinski definition) is 1. The summed E-state index contributed by atoms with van der Waals surface area (Å²) >= 11 is 0. The van der Waals surface area contributed by atoms with E-state index >= 15 is 0 Å². The van der Waals surface area contributed by atoms with Crippen molar-refractivity contribution in [1.82, 2.24) is 5.32 Å². The Morgan fingerprint density at radius 3 is 2.89 bits per heavy atom. The van der Waals surface area contributed by atoms with Crippen molar-refractivity contribution >= 4 is 5.91 Å². The fourth-order valence-electron chi connectivity index (χ4n) is 2.12. The molecule has 4 nitrogen and oxygen atoms in total. The molecular weight excluding hydrogens is 228 g/mol. The van der Waals surface area contributed by atoms with Gasteiger partial charge in [-0.3, -0.25) is 4.79 Å². The first-order valence-corrected chi connectivity index (χ1v) is 6.10. The van der Waals surface area contributed by atoms with Crippen LogP contribution in [0.25, 0.3) is 0 Å². The van der Waals surface area contributed by atoms with Crippen LogP contribution in [-0.2, 0) is 4.79 Å². The van der Waals surface area contributed by atoms with E-state index in [1.54, 1.807) is 24.3 Å². The van der Waals surface area contributed by atoms with Gasteiger partial charge in [-0.2, -0.15) is 5.26 Å². The molecule has 0 heterocycles. The Kier molecular flexibility index (Phi) is 3.83. The van der Waals surface area contributed by atoms with Gasteiger partial charge in [-0.05, 0) is 30.9 Å². The summed E-state index contributed by atoms with van der Waals surface area (Å²) in [4.78, 5) is 11.6. The average molecular weight is 244 g/mol. The van der Waals surface area contributed by atoms with E-state index in [0.717, 1.165) is 12.8 Å². The molecule has 1 N–H and O–H groups in total. The second-order valence-corrected chi connectivity index (χ2v) is 4.74. The second-order valence-electron chi connectivity index (χ2n) is 4.74. The Bertz CT molecular complexity index is 473. The van der Waals surface area contributed by atoms with Crippen LogP contribution in [0.1, 0.15) is 25.3 Å². The monoisotopic (exact) mass is 244 g/mol. The van der Waals surface area contributed by atoms with Crippen molar-refractivity contribution in [1.29, 1.82) is 5.26 Å². The molecule has 2 rings (SSSR count). The average Bonchev–Trinajstić information content (AvgIpc) is 2.35. The van der Waals surface area contributed by atoms with Crippen molar-refractivity contribution in [2.75, 3.05) is 6.61 Å². The fraction of sp³-hybridized carbons (Fsp3) is 0.429. The maximum atomic E-state index is 11.6. The first-order chi connectivity index (χ1) is 8.69. The zero-order valence-corrected chi connectivity index (χ0v) is 10.3. The normalized spacial score (nSPS) is 21.6. The molecule has 0 aromatic heterocycles. The number of nitrogens with zero attached hydrogens (tertiary/aromatic N) is 1. The van der Waals surface area contributed by atoms with Crippen LogP contribution in [0.4, 0.5) is 0 Å². The zero-order valence-electron chi connectivity index (χ0n) is 10.3. The molecule has 0 spiro atoms. The Morgan fingerprint density at radius 1 is 1.50 bits per heavy atom. The van der Waals surface area contributed by atoms with Crippen molar-refractivity contribution in [3.05, 3.63) is 29.8 Å². The molecule has 0 atom stereocenters. The summed E-state index contributed by atoms with van der Waals surface area (Å²) < 4.78 is 5.35. The lowest BCUT2D eigenvalue weighted by atomic mass is 9.82. The lowest BCUT2D eigenvalue weighted by Gasteiger charge is -2.33. The predicted octanol–water partition coefficient (Wildman–Crippen LogP) is 1.85. The summed E-state index contributed by atoms with van der Waals surface area (Å²) in [6.45, 7) is 2.13. The molecule has 1 aliphatic rings. The molecule has 0 aliphatic heterocycles. The minimum atomic E-state index is -0.125. The van der Waals surface area contributed by atoms with Crippen molar-refractivity contribution in [3.8, 4) is 11.8 Å². The van der Waals surface area contributed by atoms with E-state index in [9.17, 15) is 4.79 Å². The first-order valence-electron chi connectivity index (χ1n) is 6.10. The maximum Gasteiger partial charge on any atom is 0.258 e. The lowest BCUT2D eigenvalue weighted by Crippen LogP contribution is -2.45. The van der Waals surface area contributed by atoms with Crippen molar-refractivity contribution < 1.29 is 9.53 Å². The molecule has 4 heteroatoms. The molecule has 0 radical (unpaired) electrons. The molecule has 0 saturated heterocycles. The number of carbonyl (C=O) groups excluding carboxylic acids is 1. The number of nitriles is 1. The summed E-state index contributed by atoms with van der Waals surface area (Å²) in [7, 11) is 0. The topological polar surface area (TPSA) is 62.1 Å². The quantitative estimate of drug-likeness (QED) is 0.879. The van der Waals surface area contributed by atoms with E-state index in [-0.39, 0.29) is 12.5 Å². The summed E-state index contributed by atoms with van der Waals surface area (Å²) in [6, 6.07) is 9.23. The fourth-order valence-corrected chi connectivity index (χ4v) is 2.12. The summed E-state index contributed by atoms with van der Waals surface area (Å²) in [5, 5.41) is 11.8. The molecular formula is C14H16N2O2. The van der Waals surface area contributed by atoms with Gasteiger partial charge in [0.15, 0.2) is 6.61 Å². The van der Waals surface area contributed by atoms with E-state index < -0.39 is 0 Å². The van der Waals surface area contributed by atoms with Crippen molar-refractivity contribution in [2.24, 2.45) is 5.92 Å². The number of benzene rings is 1. The van der Waals surface area contributed by atoms with Crippen LogP contribution in [0.3, 0.4) is 0 Å².